The number of halogens is 1. The van der Waals surface area contributed by atoms with E-state index in [0.717, 1.165) is 6.42 Å². The predicted octanol–water partition coefficient (Wildman–Crippen LogP) is 1.23. The van der Waals surface area contributed by atoms with Crippen LogP contribution in [0.25, 0.3) is 0 Å². The normalized spacial score (nSPS) is 22.9. The number of nitrogens with one attached hydrogen (secondary N) is 2. The van der Waals surface area contributed by atoms with Gasteiger partial charge in [-0.1, -0.05) is 0 Å². The molecule has 0 saturated carbocycles. The minimum Gasteiger partial charge on any atom is -0.468 e. The molecule has 19 heavy (non-hydrogen) atoms. The molecule has 0 unspecified atom stereocenters. The summed E-state index contributed by atoms with van der Waals surface area (Å²) in [5, 5.41) is 5.83. The molecule has 1 amide bonds. The van der Waals surface area contributed by atoms with Crippen LogP contribution >= 0.6 is 12.4 Å². The Morgan fingerprint density at radius 1 is 1.32 bits per heavy atom. The second-order valence-corrected chi connectivity index (χ2v) is 5.40. The summed E-state index contributed by atoms with van der Waals surface area (Å²) in [7, 11) is 1.36. The average molecular weight is 295 g/mol. The molecule has 6 nitrogen and oxygen atoms in total. The molecule has 1 heterocycles. The molecule has 7 heteroatoms. The summed E-state index contributed by atoms with van der Waals surface area (Å²) in [5.41, 5.74) is -0.515. The van der Waals surface area contributed by atoms with Crippen molar-refractivity contribution >= 4 is 24.5 Å². The van der Waals surface area contributed by atoms with Crippen molar-refractivity contribution in [3.8, 4) is 0 Å². The molecule has 0 bridgehead atoms. The number of esters is 1. The Morgan fingerprint density at radius 3 is 2.47 bits per heavy atom. The number of amides is 1. The van der Waals surface area contributed by atoms with Gasteiger partial charge in [0.1, 0.15) is 11.6 Å². The molecule has 0 aromatic rings. The van der Waals surface area contributed by atoms with Gasteiger partial charge in [-0.25, -0.2) is 4.79 Å². The van der Waals surface area contributed by atoms with Crippen LogP contribution in [0.15, 0.2) is 0 Å². The third kappa shape index (κ3) is 6.63. The maximum Gasteiger partial charge on any atom is 0.407 e. The molecule has 0 aromatic carbocycles. The lowest BCUT2D eigenvalue weighted by Gasteiger charge is -2.30. The molecule has 0 aromatic heterocycles. The van der Waals surface area contributed by atoms with Gasteiger partial charge in [-0.15, -0.1) is 12.4 Å². The largest absolute Gasteiger partial charge is 0.468 e. The van der Waals surface area contributed by atoms with E-state index < -0.39 is 11.7 Å². The summed E-state index contributed by atoms with van der Waals surface area (Å²) in [4.78, 5) is 23.0. The highest BCUT2D eigenvalue weighted by Crippen LogP contribution is 2.12. The number of carbonyl (C=O) groups excluding carboxylic acids is 2. The summed E-state index contributed by atoms with van der Waals surface area (Å²) < 4.78 is 9.85. The molecule has 0 aliphatic carbocycles. The molecule has 1 rings (SSSR count). The highest BCUT2D eigenvalue weighted by Gasteiger charge is 2.29. The number of ether oxygens (including phenoxy) is 2. The lowest BCUT2D eigenvalue weighted by atomic mass is 10.00. The lowest BCUT2D eigenvalue weighted by molar-refractivity contribution is -0.143. The van der Waals surface area contributed by atoms with Gasteiger partial charge in [-0.05, 0) is 40.2 Å². The van der Waals surface area contributed by atoms with E-state index in [9.17, 15) is 9.59 Å². The summed E-state index contributed by atoms with van der Waals surface area (Å²) in [6.07, 6.45) is 0.844. The molecule has 2 N–H and O–H groups in total. The van der Waals surface area contributed by atoms with Crippen molar-refractivity contribution in [1.29, 1.82) is 0 Å². The van der Waals surface area contributed by atoms with E-state index in [0.29, 0.717) is 13.0 Å². The van der Waals surface area contributed by atoms with Gasteiger partial charge < -0.3 is 20.1 Å². The van der Waals surface area contributed by atoms with Crippen molar-refractivity contribution < 1.29 is 19.1 Å². The van der Waals surface area contributed by atoms with Crippen molar-refractivity contribution in [3.05, 3.63) is 0 Å². The zero-order valence-corrected chi connectivity index (χ0v) is 12.6. The van der Waals surface area contributed by atoms with Crippen LogP contribution in [0, 0.1) is 0 Å². The SMILES string of the molecule is COC(=O)[C@@H]1C[C@@H](NC(=O)OC(C)(C)C)CCN1.Cl. The Kier molecular flexibility index (Phi) is 7.15. The third-order valence-electron chi connectivity index (χ3n) is 2.61. The van der Waals surface area contributed by atoms with Gasteiger partial charge >= 0.3 is 12.1 Å². The lowest BCUT2D eigenvalue weighted by Crippen LogP contribution is -2.51. The van der Waals surface area contributed by atoms with E-state index in [2.05, 4.69) is 15.4 Å². The van der Waals surface area contributed by atoms with Crippen molar-refractivity contribution in [2.45, 2.75) is 51.3 Å². The summed E-state index contributed by atoms with van der Waals surface area (Å²) >= 11 is 0. The quantitative estimate of drug-likeness (QED) is 0.749. The van der Waals surface area contributed by atoms with Gasteiger partial charge in [0.15, 0.2) is 0 Å². The van der Waals surface area contributed by atoms with Gasteiger partial charge in [-0.3, -0.25) is 4.79 Å². The van der Waals surface area contributed by atoms with Crippen LogP contribution in [0.5, 0.6) is 0 Å². The molecule has 0 spiro atoms. The van der Waals surface area contributed by atoms with Crippen LogP contribution in [-0.4, -0.2) is 43.4 Å². The smallest absolute Gasteiger partial charge is 0.407 e. The first kappa shape index (κ1) is 18.0. The highest BCUT2D eigenvalue weighted by atomic mass is 35.5. The molecular weight excluding hydrogens is 272 g/mol. The summed E-state index contributed by atoms with van der Waals surface area (Å²) in [5.74, 6) is -0.300. The second kappa shape index (κ2) is 7.55. The van der Waals surface area contributed by atoms with Crippen molar-refractivity contribution in [1.82, 2.24) is 10.6 Å². The zero-order valence-electron chi connectivity index (χ0n) is 11.8. The third-order valence-corrected chi connectivity index (χ3v) is 2.61. The van der Waals surface area contributed by atoms with Crippen LogP contribution in [0.3, 0.4) is 0 Å². The fraction of sp³-hybridized carbons (Fsp3) is 0.833. The second-order valence-electron chi connectivity index (χ2n) is 5.40. The van der Waals surface area contributed by atoms with E-state index >= 15 is 0 Å². The van der Waals surface area contributed by atoms with Crippen LogP contribution < -0.4 is 10.6 Å². The molecule has 1 aliphatic rings. The van der Waals surface area contributed by atoms with E-state index in [1.807, 2.05) is 20.8 Å². The molecule has 1 saturated heterocycles. The van der Waals surface area contributed by atoms with Gasteiger partial charge in [-0.2, -0.15) is 0 Å². The Labute approximate surface area is 120 Å². The van der Waals surface area contributed by atoms with Crippen LogP contribution in [0.2, 0.25) is 0 Å². The van der Waals surface area contributed by atoms with Crippen molar-refractivity contribution in [2.75, 3.05) is 13.7 Å². The highest BCUT2D eigenvalue weighted by molar-refractivity contribution is 5.85. The Bertz CT molecular complexity index is 317. The molecule has 112 valence electrons. The molecule has 0 radical (unpaired) electrons. The van der Waals surface area contributed by atoms with Gasteiger partial charge in [0.05, 0.1) is 7.11 Å². The van der Waals surface area contributed by atoms with E-state index in [4.69, 9.17) is 4.74 Å². The summed E-state index contributed by atoms with van der Waals surface area (Å²) in [6, 6.07) is -0.422. The first-order valence-electron chi connectivity index (χ1n) is 6.12. The Balaban J connectivity index is 0.00000324. The fourth-order valence-corrected chi connectivity index (χ4v) is 1.84. The predicted molar refractivity (Wildman–Crippen MR) is 73.4 cm³/mol. The van der Waals surface area contributed by atoms with Crippen molar-refractivity contribution in [3.63, 3.8) is 0 Å². The number of carbonyl (C=O) groups is 2. The monoisotopic (exact) mass is 294 g/mol. The van der Waals surface area contributed by atoms with Crippen LogP contribution in [0.1, 0.15) is 33.6 Å². The standard InChI is InChI=1S/C12H22N2O4.ClH/c1-12(2,3)18-11(16)14-8-5-6-13-9(7-8)10(15)17-4;/h8-9,13H,5-7H2,1-4H3,(H,14,16);1H/t8-,9-;/m0./s1. The van der Waals surface area contributed by atoms with E-state index in [1.54, 1.807) is 0 Å². The number of alkyl carbamates (subject to hydrolysis) is 1. The molecule has 1 aliphatic heterocycles. The number of piperidine rings is 1. The number of rotatable bonds is 2. The van der Waals surface area contributed by atoms with Gasteiger partial charge in [0.2, 0.25) is 0 Å². The number of hydrogen-bond acceptors (Lipinski definition) is 5. The Hall–Kier alpha value is -1.01. The van der Waals surface area contributed by atoms with Gasteiger partial charge in [0, 0.05) is 6.04 Å². The first-order valence-corrected chi connectivity index (χ1v) is 6.12. The van der Waals surface area contributed by atoms with Crippen LogP contribution in [-0.2, 0) is 14.3 Å². The number of hydrogen-bond donors (Lipinski definition) is 2. The van der Waals surface area contributed by atoms with Gasteiger partial charge in [0.25, 0.3) is 0 Å². The van der Waals surface area contributed by atoms with E-state index in [1.165, 1.54) is 7.11 Å². The first-order chi connectivity index (χ1) is 8.31. The average Bonchev–Trinajstić information content (AvgIpc) is 2.25. The topological polar surface area (TPSA) is 76.7 Å². The fourth-order valence-electron chi connectivity index (χ4n) is 1.84. The maximum atomic E-state index is 11.6. The summed E-state index contributed by atoms with van der Waals surface area (Å²) in [6.45, 7) is 6.10. The molecule has 2 atom stereocenters. The minimum atomic E-state index is -0.515. The number of methoxy groups -OCH3 is 1. The maximum absolute atomic E-state index is 11.6. The Morgan fingerprint density at radius 2 is 1.95 bits per heavy atom. The zero-order chi connectivity index (χ0) is 13.8. The molecule has 1 fully saturated rings. The molecular formula is C12H23ClN2O4. The van der Waals surface area contributed by atoms with Crippen LogP contribution in [0.4, 0.5) is 4.79 Å². The van der Waals surface area contributed by atoms with E-state index in [-0.39, 0.29) is 30.5 Å². The van der Waals surface area contributed by atoms with Crippen molar-refractivity contribution in [2.24, 2.45) is 0 Å². The minimum absolute atomic E-state index is 0.